The number of aliphatic hydroxyl groups excluding tert-OH is 1. The Kier molecular flexibility index (Phi) is 3.43. The van der Waals surface area contributed by atoms with E-state index in [-0.39, 0.29) is 12.5 Å². The van der Waals surface area contributed by atoms with Crippen molar-refractivity contribution in [2.24, 2.45) is 11.8 Å². The predicted molar refractivity (Wildman–Crippen MR) is 48.7 cm³/mol. The van der Waals surface area contributed by atoms with E-state index >= 15 is 0 Å². The number of carbonyl (C=O) groups excluding carboxylic acids is 2. The average molecular weight is 201 g/mol. The lowest BCUT2D eigenvalue weighted by Crippen LogP contribution is -2.45. The van der Waals surface area contributed by atoms with Crippen molar-refractivity contribution in [2.75, 3.05) is 13.1 Å². The Hall–Kier alpha value is -1.14. The average Bonchev–Trinajstić information content (AvgIpc) is 2.57. The smallest absolute Gasteiger partial charge is 0.323 e. The topological polar surface area (TPSA) is 95.7 Å². The number of rotatable bonds is 1. The first-order chi connectivity index (χ1) is 6.60. The van der Waals surface area contributed by atoms with Gasteiger partial charge in [-0.05, 0) is 6.42 Å². The van der Waals surface area contributed by atoms with E-state index < -0.39 is 17.9 Å². The number of hydrogen-bond donors (Lipinski definition) is 3. The molecule has 6 heteroatoms. The van der Waals surface area contributed by atoms with Gasteiger partial charge in [0, 0.05) is 19.0 Å². The monoisotopic (exact) mass is 201 g/mol. The second-order valence-corrected chi connectivity index (χ2v) is 3.42. The van der Waals surface area contributed by atoms with Crippen molar-refractivity contribution in [3.8, 4) is 0 Å². The van der Waals surface area contributed by atoms with Gasteiger partial charge in [0.2, 0.25) is 0 Å². The maximum absolute atomic E-state index is 11.3. The Morgan fingerprint density at radius 3 is 2.64 bits per heavy atom. The van der Waals surface area contributed by atoms with Crippen LogP contribution in [-0.2, 0) is 9.59 Å². The van der Waals surface area contributed by atoms with E-state index in [4.69, 9.17) is 5.84 Å². The summed E-state index contributed by atoms with van der Waals surface area (Å²) in [5, 5.41) is 9.51. The minimum Gasteiger partial charge on any atom is -0.391 e. The number of aliphatic hydroxyl groups is 1. The first kappa shape index (κ1) is 10.9. The lowest BCUT2D eigenvalue weighted by molar-refractivity contribution is -0.145. The van der Waals surface area contributed by atoms with Crippen LogP contribution < -0.4 is 11.3 Å². The fraction of sp³-hybridized carbons (Fsp3) is 0.750. The Balaban J connectivity index is 2.57. The standard InChI is InChI=1S/C8H15N3O3/c1-2-5-3-11(4-6(5)12)8(14)7(13)10-9/h5-6,12H,2-4,9H2,1H3,(H,10,13). The summed E-state index contributed by atoms with van der Waals surface area (Å²) in [4.78, 5) is 23.5. The van der Waals surface area contributed by atoms with Crippen LogP contribution in [0.4, 0.5) is 0 Å². The van der Waals surface area contributed by atoms with Crippen LogP contribution in [0, 0.1) is 5.92 Å². The van der Waals surface area contributed by atoms with E-state index in [2.05, 4.69) is 0 Å². The van der Waals surface area contributed by atoms with Crippen LogP contribution in [0.25, 0.3) is 0 Å². The number of carbonyl (C=O) groups is 2. The fourth-order valence-electron chi connectivity index (χ4n) is 1.63. The van der Waals surface area contributed by atoms with Crippen LogP contribution in [0.3, 0.4) is 0 Å². The molecular formula is C8H15N3O3. The van der Waals surface area contributed by atoms with Crippen molar-refractivity contribution < 1.29 is 14.7 Å². The summed E-state index contributed by atoms with van der Waals surface area (Å²) in [6.07, 6.45) is 0.254. The summed E-state index contributed by atoms with van der Waals surface area (Å²) in [6, 6.07) is 0. The zero-order chi connectivity index (χ0) is 10.7. The molecule has 0 aromatic rings. The molecule has 80 valence electrons. The van der Waals surface area contributed by atoms with Gasteiger partial charge in [-0.3, -0.25) is 15.0 Å². The van der Waals surface area contributed by atoms with Crippen LogP contribution in [0.15, 0.2) is 0 Å². The van der Waals surface area contributed by atoms with Gasteiger partial charge < -0.3 is 10.0 Å². The molecule has 2 amide bonds. The first-order valence-corrected chi connectivity index (χ1v) is 4.58. The molecule has 2 unspecified atom stereocenters. The largest absolute Gasteiger partial charge is 0.391 e. The summed E-state index contributed by atoms with van der Waals surface area (Å²) >= 11 is 0. The molecule has 0 saturated carbocycles. The Morgan fingerprint density at radius 2 is 2.21 bits per heavy atom. The van der Waals surface area contributed by atoms with Crippen LogP contribution in [0.2, 0.25) is 0 Å². The van der Waals surface area contributed by atoms with Gasteiger partial charge in [-0.1, -0.05) is 6.92 Å². The van der Waals surface area contributed by atoms with Gasteiger partial charge in [0.25, 0.3) is 0 Å². The summed E-state index contributed by atoms with van der Waals surface area (Å²) in [5.41, 5.74) is 1.78. The van der Waals surface area contributed by atoms with Crippen LogP contribution in [0.5, 0.6) is 0 Å². The third-order valence-electron chi connectivity index (χ3n) is 2.54. The number of hydrogen-bond acceptors (Lipinski definition) is 4. The third-order valence-corrected chi connectivity index (χ3v) is 2.54. The van der Waals surface area contributed by atoms with E-state index in [1.54, 1.807) is 5.43 Å². The van der Waals surface area contributed by atoms with E-state index in [1.165, 1.54) is 4.90 Å². The van der Waals surface area contributed by atoms with Crippen molar-refractivity contribution in [1.82, 2.24) is 10.3 Å². The summed E-state index contributed by atoms with van der Waals surface area (Å²) in [5.74, 6) is 3.38. The molecule has 1 heterocycles. The quantitative estimate of drug-likeness (QED) is 0.202. The Labute approximate surface area is 82.0 Å². The highest BCUT2D eigenvalue weighted by Crippen LogP contribution is 2.19. The number of nitrogens with one attached hydrogen (secondary N) is 1. The molecule has 14 heavy (non-hydrogen) atoms. The van der Waals surface area contributed by atoms with E-state index in [0.29, 0.717) is 6.54 Å². The first-order valence-electron chi connectivity index (χ1n) is 4.58. The molecule has 1 aliphatic rings. The number of nitrogens with two attached hydrogens (primary N) is 1. The number of β-amino-alcohol motifs (C(OH)–C–C–N with tert-alkyl or cyclic N) is 1. The van der Waals surface area contributed by atoms with E-state index in [9.17, 15) is 14.7 Å². The van der Waals surface area contributed by atoms with Crippen LogP contribution >= 0.6 is 0 Å². The van der Waals surface area contributed by atoms with Gasteiger partial charge in [0.1, 0.15) is 0 Å². The zero-order valence-electron chi connectivity index (χ0n) is 8.06. The summed E-state index contributed by atoms with van der Waals surface area (Å²) in [7, 11) is 0. The second-order valence-electron chi connectivity index (χ2n) is 3.42. The third kappa shape index (κ3) is 2.02. The predicted octanol–water partition coefficient (Wildman–Crippen LogP) is -1.79. The summed E-state index contributed by atoms with van der Waals surface area (Å²) < 4.78 is 0. The van der Waals surface area contributed by atoms with Crippen molar-refractivity contribution >= 4 is 11.8 Å². The van der Waals surface area contributed by atoms with Gasteiger partial charge in [-0.25, -0.2) is 5.84 Å². The molecule has 0 aromatic heterocycles. The highest BCUT2D eigenvalue weighted by atomic mass is 16.3. The molecule has 0 aromatic carbocycles. The van der Waals surface area contributed by atoms with Gasteiger partial charge in [-0.15, -0.1) is 0 Å². The van der Waals surface area contributed by atoms with Crippen molar-refractivity contribution in [2.45, 2.75) is 19.4 Å². The lowest BCUT2D eigenvalue weighted by atomic mass is 10.0. The van der Waals surface area contributed by atoms with Gasteiger partial charge in [-0.2, -0.15) is 0 Å². The molecule has 2 atom stereocenters. The molecule has 0 spiro atoms. The number of nitrogens with zero attached hydrogens (tertiary/aromatic N) is 1. The zero-order valence-corrected chi connectivity index (χ0v) is 8.06. The van der Waals surface area contributed by atoms with Gasteiger partial charge in [0.15, 0.2) is 0 Å². The normalized spacial score (nSPS) is 26.4. The van der Waals surface area contributed by atoms with Gasteiger partial charge in [0.05, 0.1) is 6.10 Å². The number of hydrazine groups is 1. The molecule has 1 aliphatic heterocycles. The second kappa shape index (κ2) is 4.39. The molecule has 4 N–H and O–H groups in total. The molecule has 1 fully saturated rings. The minimum atomic E-state index is -0.839. The Bertz CT molecular complexity index is 244. The summed E-state index contributed by atoms with van der Waals surface area (Å²) in [6.45, 7) is 2.57. The van der Waals surface area contributed by atoms with E-state index in [0.717, 1.165) is 6.42 Å². The molecule has 6 nitrogen and oxygen atoms in total. The fourth-order valence-corrected chi connectivity index (χ4v) is 1.63. The van der Waals surface area contributed by atoms with Crippen LogP contribution in [-0.4, -0.2) is 41.0 Å². The SMILES string of the molecule is CCC1CN(C(=O)C(=O)NN)CC1O. The maximum Gasteiger partial charge on any atom is 0.323 e. The molecule has 0 bridgehead atoms. The highest BCUT2D eigenvalue weighted by Gasteiger charge is 2.34. The molecule has 1 rings (SSSR count). The molecule has 1 saturated heterocycles. The van der Waals surface area contributed by atoms with Crippen molar-refractivity contribution in [3.05, 3.63) is 0 Å². The molecular weight excluding hydrogens is 186 g/mol. The maximum atomic E-state index is 11.3. The van der Waals surface area contributed by atoms with Crippen LogP contribution in [0.1, 0.15) is 13.3 Å². The van der Waals surface area contributed by atoms with Gasteiger partial charge >= 0.3 is 11.8 Å². The molecule has 0 aliphatic carbocycles. The number of likely N-dealkylation sites (tertiary alicyclic amines) is 1. The minimum absolute atomic E-state index is 0.0597. The Morgan fingerprint density at radius 1 is 1.57 bits per heavy atom. The molecule has 0 radical (unpaired) electrons. The van der Waals surface area contributed by atoms with Crippen molar-refractivity contribution in [1.29, 1.82) is 0 Å². The lowest BCUT2D eigenvalue weighted by Gasteiger charge is -2.13. The highest BCUT2D eigenvalue weighted by molar-refractivity contribution is 6.34. The number of amides is 2. The van der Waals surface area contributed by atoms with E-state index in [1.807, 2.05) is 6.92 Å². The van der Waals surface area contributed by atoms with Crippen molar-refractivity contribution in [3.63, 3.8) is 0 Å².